The fourth-order valence-electron chi connectivity index (χ4n) is 6.76. The number of nitriles is 1. The van der Waals surface area contributed by atoms with Gasteiger partial charge in [-0.3, -0.25) is 0 Å². The van der Waals surface area contributed by atoms with Gasteiger partial charge in [0.1, 0.15) is 11.5 Å². The molecule has 1 aliphatic rings. The van der Waals surface area contributed by atoms with Gasteiger partial charge in [0.05, 0.1) is 28.4 Å². The maximum Gasteiger partial charge on any atom is 0.141 e. The summed E-state index contributed by atoms with van der Waals surface area (Å²) in [4.78, 5) is 5.26. The monoisotopic (exact) mass is 588 g/mol. The summed E-state index contributed by atoms with van der Waals surface area (Å²) >= 11 is 0. The van der Waals surface area contributed by atoms with Gasteiger partial charge in [-0.1, -0.05) is 133 Å². The molecule has 0 atom stereocenters. The number of para-hydroxylation sites is 2. The number of hydrogen-bond acceptors (Lipinski definition) is 3. The Morgan fingerprint density at radius 2 is 1.09 bits per heavy atom. The number of benzene rings is 6. The Balaban J connectivity index is 1.42. The smallest absolute Gasteiger partial charge is 0.141 e. The summed E-state index contributed by atoms with van der Waals surface area (Å²) in [5, 5.41) is 9.40. The van der Waals surface area contributed by atoms with Crippen LogP contribution in [0.5, 0.6) is 11.5 Å². The molecule has 0 saturated carbocycles. The van der Waals surface area contributed by atoms with E-state index in [4.69, 9.17) is 9.72 Å². The van der Waals surface area contributed by atoms with Crippen LogP contribution in [-0.2, 0) is 5.41 Å². The van der Waals surface area contributed by atoms with Crippen LogP contribution in [0.25, 0.3) is 33.6 Å². The van der Waals surface area contributed by atoms with Crippen LogP contribution in [0, 0.1) is 11.3 Å². The molecule has 0 aliphatic carbocycles. The van der Waals surface area contributed by atoms with Gasteiger partial charge in [-0.05, 0) is 58.7 Å². The highest BCUT2D eigenvalue weighted by atomic mass is 16.5. The lowest BCUT2D eigenvalue weighted by atomic mass is 9.63. The lowest BCUT2D eigenvalue weighted by molar-refractivity contribution is 0.436. The third-order valence-corrected chi connectivity index (χ3v) is 8.85. The Kier molecular flexibility index (Phi) is 6.74. The molecule has 8 rings (SSSR count). The Hall–Kier alpha value is -6.24. The predicted molar refractivity (Wildman–Crippen MR) is 184 cm³/mol. The number of hydrogen-bond donors (Lipinski definition) is 0. The van der Waals surface area contributed by atoms with E-state index in [2.05, 4.69) is 127 Å². The first-order valence-electron chi connectivity index (χ1n) is 15.4. The minimum atomic E-state index is -0.615. The summed E-state index contributed by atoms with van der Waals surface area (Å²) < 4.78 is 6.91. The predicted octanol–water partition coefficient (Wildman–Crippen LogP) is 10.4. The molecule has 46 heavy (non-hydrogen) atoms. The molecule has 0 radical (unpaired) electrons. The first-order chi connectivity index (χ1) is 22.8. The van der Waals surface area contributed by atoms with E-state index in [1.54, 1.807) is 0 Å². The molecule has 216 valence electrons. The molecular weight excluding hydrogens is 560 g/mol. The highest BCUT2D eigenvalue weighted by Gasteiger charge is 2.45. The quantitative estimate of drug-likeness (QED) is 0.201. The molecule has 0 bridgehead atoms. The molecule has 0 fully saturated rings. The molecule has 0 unspecified atom stereocenters. The molecule has 0 spiro atoms. The Bertz CT molecular complexity index is 2180. The van der Waals surface area contributed by atoms with E-state index in [0.717, 1.165) is 56.3 Å². The van der Waals surface area contributed by atoms with Crippen molar-refractivity contribution in [3.63, 3.8) is 0 Å². The number of aromatic nitrogens is 1. The van der Waals surface area contributed by atoms with Gasteiger partial charge in [0.15, 0.2) is 0 Å². The van der Waals surface area contributed by atoms with Gasteiger partial charge in [-0.25, -0.2) is 4.98 Å². The maximum atomic E-state index is 9.40. The van der Waals surface area contributed by atoms with E-state index in [9.17, 15) is 5.26 Å². The van der Waals surface area contributed by atoms with Crippen molar-refractivity contribution in [1.29, 1.82) is 5.26 Å². The van der Waals surface area contributed by atoms with Crippen LogP contribution in [0.15, 0.2) is 170 Å². The maximum absolute atomic E-state index is 9.40. The largest absolute Gasteiger partial charge is 0.456 e. The van der Waals surface area contributed by atoms with E-state index in [0.29, 0.717) is 5.56 Å². The fourth-order valence-corrected chi connectivity index (χ4v) is 6.76. The van der Waals surface area contributed by atoms with Crippen LogP contribution in [0.4, 0.5) is 0 Å². The van der Waals surface area contributed by atoms with Crippen LogP contribution in [0.3, 0.4) is 0 Å². The summed E-state index contributed by atoms with van der Waals surface area (Å²) in [7, 11) is 0. The van der Waals surface area contributed by atoms with Gasteiger partial charge >= 0.3 is 0 Å². The second kappa shape index (κ2) is 11.4. The second-order valence-corrected chi connectivity index (χ2v) is 11.4. The lowest BCUT2D eigenvalue weighted by Gasteiger charge is -2.42. The molecule has 3 heteroatoms. The lowest BCUT2D eigenvalue weighted by Crippen LogP contribution is -2.34. The van der Waals surface area contributed by atoms with E-state index in [1.165, 1.54) is 11.1 Å². The van der Waals surface area contributed by atoms with Crippen LogP contribution in [0.2, 0.25) is 0 Å². The minimum Gasteiger partial charge on any atom is -0.456 e. The highest BCUT2D eigenvalue weighted by molar-refractivity contribution is 5.82. The summed E-state index contributed by atoms with van der Waals surface area (Å²) in [5.41, 5.74) is 10.1. The average Bonchev–Trinajstić information content (AvgIpc) is 3.14. The number of pyridine rings is 1. The number of nitrogens with zero attached hydrogens (tertiary/aromatic N) is 2. The summed E-state index contributed by atoms with van der Waals surface area (Å²) in [5.74, 6) is 1.61. The molecule has 2 heterocycles. The van der Waals surface area contributed by atoms with Crippen molar-refractivity contribution in [1.82, 2.24) is 4.98 Å². The zero-order chi connectivity index (χ0) is 30.9. The van der Waals surface area contributed by atoms with Crippen LogP contribution in [0.1, 0.15) is 27.8 Å². The molecule has 0 N–H and O–H groups in total. The molecule has 1 aliphatic heterocycles. The van der Waals surface area contributed by atoms with Crippen molar-refractivity contribution in [3.05, 3.63) is 198 Å². The summed E-state index contributed by atoms with van der Waals surface area (Å²) in [6.07, 6.45) is 0. The summed E-state index contributed by atoms with van der Waals surface area (Å²) in [6, 6.07) is 60.6. The zero-order valence-corrected chi connectivity index (χ0v) is 25.0. The van der Waals surface area contributed by atoms with Gasteiger partial charge in [-0.2, -0.15) is 5.26 Å². The molecule has 7 aromatic rings. The third-order valence-electron chi connectivity index (χ3n) is 8.85. The summed E-state index contributed by atoms with van der Waals surface area (Å²) in [6.45, 7) is 0. The van der Waals surface area contributed by atoms with Crippen molar-refractivity contribution in [2.24, 2.45) is 0 Å². The van der Waals surface area contributed by atoms with E-state index in [-0.39, 0.29) is 0 Å². The van der Waals surface area contributed by atoms with Crippen molar-refractivity contribution in [2.45, 2.75) is 5.41 Å². The highest BCUT2D eigenvalue weighted by Crippen LogP contribution is 2.57. The Labute approximate surface area is 268 Å². The second-order valence-electron chi connectivity index (χ2n) is 11.4. The van der Waals surface area contributed by atoms with Gasteiger partial charge < -0.3 is 4.74 Å². The Morgan fingerprint density at radius 1 is 0.500 bits per heavy atom. The van der Waals surface area contributed by atoms with Crippen LogP contribution < -0.4 is 4.74 Å². The molecular formula is C43H28N2O. The molecule has 1 aromatic heterocycles. The van der Waals surface area contributed by atoms with Crippen molar-refractivity contribution in [2.75, 3.05) is 0 Å². The van der Waals surface area contributed by atoms with E-state index < -0.39 is 5.41 Å². The topological polar surface area (TPSA) is 45.9 Å². The van der Waals surface area contributed by atoms with Crippen LogP contribution >= 0.6 is 0 Å². The average molecular weight is 589 g/mol. The first-order valence-corrected chi connectivity index (χ1v) is 15.4. The SMILES string of the molecule is N#Cc1ccc(-c2cc(-c3ccccc3)nc(-c3cccc4c3Oc3ccccc3C4(c3ccccc3)c3ccccc3)c2)cc1. The fraction of sp³-hybridized carbons (Fsp3) is 0.0233. The third kappa shape index (κ3) is 4.48. The van der Waals surface area contributed by atoms with Crippen molar-refractivity contribution < 1.29 is 4.74 Å². The molecule has 0 saturated heterocycles. The van der Waals surface area contributed by atoms with Gasteiger partial charge in [0, 0.05) is 22.3 Å². The standard InChI is InChI=1S/C43H28N2O/c44-29-30-23-25-31(26-24-30)33-27-39(32-13-4-1-5-14-32)45-40(28-33)36-19-12-21-38-42(36)46-41-22-11-10-20-37(41)43(38,34-15-6-2-7-16-34)35-17-8-3-9-18-35/h1-28H. The normalized spacial score (nSPS) is 12.7. The molecule has 6 aromatic carbocycles. The number of fused-ring (bicyclic) bond motifs is 2. The van der Waals surface area contributed by atoms with Gasteiger partial charge in [-0.15, -0.1) is 0 Å². The number of rotatable bonds is 5. The Morgan fingerprint density at radius 3 is 1.76 bits per heavy atom. The molecule has 3 nitrogen and oxygen atoms in total. The number of ether oxygens (including phenoxy) is 1. The van der Waals surface area contributed by atoms with Crippen LogP contribution in [-0.4, -0.2) is 4.98 Å². The van der Waals surface area contributed by atoms with Gasteiger partial charge in [0.25, 0.3) is 0 Å². The van der Waals surface area contributed by atoms with Crippen molar-refractivity contribution in [3.8, 4) is 51.2 Å². The van der Waals surface area contributed by atoms with Gasteiger partial charge in [0.2, 0.25) is 0 Å². The minimum absolute atomic E-state index is 0.615. The van der Waals surface area contributed by atoms with E-state index in [1.807, 2.05) is 48.5 Å². The zero-order valence-electron chi connectivity index (χ0n) is 25.0. The molecule has 0 amide bonds. The van der Waals surface area contributed by atoms with Crippen molar-refractivity contribution >= 4 is 0 Å². The van der Waals surface area contributed by atoms with E-state index >= 15 is 0 Å². The first kappa shape index (κ1) is 27.3.